The van der Waals surface area contributed by atoms with Crippen LogP contribution in [0.4, 0.5) is 8.78 Å². The molecule has 0 amide bonds. The maximum absolute atomic E-state index is 13.2. The van der Waals surface area contributed by atoms with Crippen molar-refractivity contribution in [1.29, 1.82) is 0 Å². The number of sulfone groups is 1. The van der Waals surface area contributed by atoms with E-state index in [4.69, 9.17) is 0 Å². The second kappa shape index (κ2) is 7.63. The van der Waals surface area contributed by atoms with Crippen molar-refractivity contribution < 1.29 is 22.0 Å². The van der Waals surface area contributed by atoms with Crippen molar-refractivity contribution in [3.05, 3.63) is 107 Å². The van der Waals surface area contributed by atoms with Gasteiger partial charge in [-0.2, -0.15) is 0 Å². The van der Waals surface area contributed by atoms with Gasteiger partial charge in [0.2, 0.25) is 15.6 Å². The molecule has 27 heavy (non-hydrogen) atoms. The molecule has 3 aromatic carbocycles. The summed E-state index contributed by atoms with van der Waals surface area (Å²) < 4.78 is 52.4. The van der Waals surface area contributed by atoms with Crippen LogP contribution in [0.5, 0.6) is 0 Å². The van der Waals surface area contributed by atoms with Crippen LogP contribution in [0.25, 0.3) is 6.08 Å². The predicted molar refractivity (Wildman–Crippen MR) is 98.7 cm³/mol. The van der Waals surface area contributed by atoms with Crippen molar-refractivity contribution in [2.75, 3.05) is 0 Å². The molecular formula is C21H14F2O3S. The van der Waals surface area contributed by atoms with Gasteiger partial charge in [-0.3, -0.25) is 4.79 Å². The molecule has 0 radical (unpaired) electrons. The highest BCUT2D eigenvalue weighted by molar-refractivity contribution is 7.96. The first-order valence-electron chi connectivity index (χ1n) is 7.95. The number of rotatable bonds is 5. The Morgan fingerprint density at radius 3 is 1.81 bits per heavy atom. The summed E-state index contributed by atoms with van der Waals surface area (Å²) >= 11 is 0. The fourth-order valence-corrected chi connectivity index (χ4v) is 3.85. The third kappa shape index (κ3) is 4.17. The van der Waals surface area contributed by atoms with E-state index in [1.54, 1.807) is 18.2 Å². The average molecular weight is 384 g/mol. The van der Waals surface area contributed by atoms with Gasteiger partial charge in [0.05, 0.1) is 4.90 Å². The van der Waals surface area contributed by atoms with Gasteiger partial charge in [-0.25, -0.2) is 17.2 Å². The molecule has 136 valence electrons. The van der Waals surface area contributed by atoms with Crippen LogP contribution in [-0.4, -0.2) is 14.2 Å². The van der Waals surface area contributed by atoms with Crippen LogP contribution in [0, 0.1) is 11.6 Å². The second-order valence-electron chi connectivity index (χ2n) is 5.71. The largest absolute Gasteiger partial charge is 0.288 e. The number of carbonyl (C=O) groups excluding carboxylic acids is 1. The first-order chi connectivity index (χ1) is 12.9. The lowest BCUT2D eigenvalue weighted by Gasteiger charge is -2.09. The number of ketones is 1. The molecule has 0 unspecified atom stereocenters. The molecule has 0 aromatic heterocycles. The van der Waals surface area contributed by atoms with E-state index in [1.807, 2.05) is 0 Å². The lowest BCUT2D eigenvalue weighted by molar-refractivity contribution is 0.104. The molecule has 0 aliphatic carbocycles. The molecule has 0 aliphatic heterocycles. The molecule has 0 bridgehead atoms. The Morgan fingerprint density at radius 1 is 0.741 bits per heavy atom. The van der Waals surface area contributed by atoms with Gasteiger partial charge >= 0.3 is 0 Å². The van der Waals surface area contributed by atoms with Gasteiger partial charge in [-0.15, -0.1) is 0 Å². The van der Waals surface area contributed by atoms with Crippen LogP contribution >= 0.6 is 0 Å². The zero-order valence-electron chi connectivity index (χ0n) is 14.0. The Balaban J connectivity index is 2.16. The molecular weight excluding hydrogens is 370 g/mol. The van der Waals surface area contributed by atoms with Gasteiger partial charge in [0.15, 0.2) is 0 Å². The number of allylic oxidation sites excluding steroid dienone is 1. The minimum absolute atomic E-state index is 0.191. The van der Waals surface area contributed by atoms with Crippen molar-refractivity contribution in [3.8, 4) is 0 Å². The van der Waals surface area contributed by atoms with Gasteiger partial charge in [0.25, 0.3) is 0 Å². The summed E-state index contributed by atoms with van der Waals surface area (Å²) in [5.41, 5.74) is 0.540. The van der Waals surface area contributed by atoms with Crippen molar-refractivity contribution >= 4 is 21.7 Å². The molecule has 3 rings (SSSR count). The number of halogens is 2. The zero-order valence-corrected chi connectivity index (χ0v) is 14.8. The molecule has 0 N–H and O–H groups in total. The quantitative estimate of drug-likeness (QED) is 0.365. The minimum Gasteiger partial charge on any atom is -0.288 e. The maximum atomic E-state index is 13.2. The number of hydrogen-bond acceptors (Lipinski definition) is 3. The lowest BCUT2D eigenvalue weighted by Crippen LogP contribution is -2.14. The second-order valence-corrected chi connectivity index (χ2v) is 7.63. The van der Waals surface area contributed by atoms with E-state index in [0.717, 1.165) is 24.3 Å². The molecule has 0 saturated heterocycles. The molecule has 3 aromatic rings. The van der Waals surface area contributed by atoms with Gasteiger partial charge in [-0.05, 0) is 48.0 Å². The summed E-state index contributed by atoms with van der Waals surface area (Å²) in [6, 6.07) is 17.2. The van der Waals surface area contributed by atoms with E-state index in [1.165, 1.54) is 42.5 Å². The predicted octanol–water partition coefficient (Wildman–Crippen LogP) is 4.66. The molecule has 0 fully saturated rings. The third-order valence-corrected chi connectivity index (χ3v) is 5.62. The van der Waals surface area contributed by atoms with E-state index < -0.39 is 32.2 Å². The van der Waals surface area contributed by atoms with Crippen LogP contribution in [0.1, 0.15) is 15.9 Å². The number of Topliss-reactive ketones (excluding diaryl/α,β-unsaturated/α-hetero) is 1. The summed E-state index contributed by atoms with van der Waals surface area (Å²) in [5.74, 6) is -1.78. The Bertz CT molecular complexity index is 1090. The van der Waals surface area contributed by atoms with Gasteiger partial charge in [-0.1, -0.05) is 42.5 Å². The van der Waals surface area contributed by atoms with E-state index >= 15 is 0 Å². The topological polar surface area (TPSA) is 51.2 Å². The summed E-state index contributed by atoms with van der Waals surface area (Å²) in [6.07, 6.45) is 1.19. The molecule has 0 saturated carbocycles. The van der Waals surface area contributed by atoms with Crippen molar-refractivity contribution in [1.82, 2.24) is 0 Å². The monoisotopic (exact) mass is 384 g/mol. The molecule has 0 heterocycles. The van der Waals surface area contributed by atoms with Crippen LogP contribution in [0.15, 0.2) is 88.7 Å². The average Bonchev–Trinajstić information content (AvgIpc) is 2.68. The van der Waals surface area contributed by atoms with E-state index in [2.05, 4.69) is 0 Å². The summed E-state index contributed by atoms with van der Waals surface area (Å²) in [7, 11) is -4.22. The van der Waals surface area contributed by atoms with Gasteiger partial charge in [0, 0.05) is 5.56 Å². The normalized spacial score (nSPS) is 12.0. The van der Waals surface area contributed by atoms with Crippen molar-refractivity contribution in [2.24, 2.45) is 0 Å². The zero-order chi connectivity index (χ0) is 19.4. The standard InChI is InChI=1S/C21H14F2O3S/c22-17-8-6-15(7-9-17)14-20(21(24)16-4-2-1-3-5-16)27(25,26)19-12-10-18(23)11-13-19/h1-14H/b20-14+. The van der Waals surface area contributed by atoms with Crippen LogP contribution in [-0.2, 0) is 9.84 Å². The molecule has 0 aliphatic rings. The van der Waals surface area contributed by atoms with Crippen LogP contribution in [0.3, 0.4) is 0 Å². The first kappa shape index (κ1) is 18.7. The molecule has 0 atom stereocenters. The fraction of sp³-hybridized carbons (Fsp3) is 0. The van der Waals surface area contributed by atoms with Crippen LogP contribution < -0.4 is 0 Å². The SMILES string of the molecule is O=C(/C(=C\c1ccc(F)cc1)S(=O)(=O)c1ccc(F)cc1)c1ccccc1. The Labute approximate surface area is 155 Å². The number of benzene rings is 3. The Kier molecular flexibility index (Phi) is 5.28. The van der Waals surface area contributed by atoms with Gasteiger partial charge in [0.1, 0.15) is 16.5 Å². The first-order valence-corrected chi connectivity index (χ1v) is 9.44. The molecule has 6 heteroatoms. The van der Waals surface area contributed by atoms with Gasteiger partial charge < -0.3 is 0 Å². The maximum Gasteiger partial charge on any atom is 0.210 e. The smallest absolute Gasteiger partial charge is 0.210 e. The van der Waals surface area contributed by atoms with Crippen LogP contribution in [0.2, 0.25) is 0 Å². The third-order valence-electron chi connectivity index (χ3n) is 3.84. The highest BCUT2D eigenvalue weighted by atomic mass is 32.2. The van der Waals surface area contributed by atoms with E-state index in [-0.39, 0.29) is 10.5 Å². The highest BCUT2D eigenvalue weighted by Gasteiger charge is 2.28. The summed E-state index contributed by atoms with van der Waals surface area (Å²) in [4.78, 5) is 12.2. The van der Waals surface area contributed by atoms with E-state index in [9.17, 15) is 22.0 Å². The lowest BCUT2D eigenvalue weighted by atomic mass is 10.1. The summed E-state index contributed by atoms with van der Waals surface area (Å²) in [6.45, 7) is 0. The number of carbonyl (C=O) groups is 1. The Hall–Kier alpha value is -3.12. The fourth-order valence-electron chi connectivity index (χ4n) is 2.45. The number of hydrogen-bond donors (Lipinski definition) is 0. The van der Waals surface area contributed by atoms with Crippen molar-refractivity contribution in [3.63, 3.8) is 0 Å². The molecule has 3 nitrogen and oxygen atoms in total. The van der Waals surface area contributed by atoms with E-state index in [0.29, 0.717) is 5.56 Å². The summed E-state index contributed by atoms with van der Waals surface area (Å²) in [5, 5.41) is 0. The molecule has 0 spiro atoms. The minimum atomic E-state index is -4.22. The Morgan fingerprint density at radius 2 is 1.26 bits per heavy atom. The highest BCUT2D eigenvalue weighted by Crippen LogP contribution is 2.25. The van der Waals surface area contributed by atoms with Crippen molar-refractivity contribution in [2.45, 2.75) is 4.90 Å².